The van der Waals surface area contributed by atoms with E-state index < -0.39 is 11.4 Å². The first-order valence-corrected chi connectivity index (χ1v) is 3.46. The summed E-state index contributed by atoms with van der Waals surface area (Å²) >= 11 is -1.48. The zero-order valence-corrected chi connectivity index (χ0v) is 5.60. The molecule has 0 aromatic rings. The monoisotopic (exact) mass is 136 g/mol. The molecule has 0 saturated carbocycles. The van der Waals surface area contributed by atoms with Crippen molar-refractivity contribution in [3.8, 4) is 0 Å². The average Bonchev–Trinajstić information content (AvgIpc) is 1.85. The topological polar surface area (TPSA) is 35.5 Å². The summed E-state index contributed by atoms with van der Waals surface area (Å²) in [6.45, 7) is 3.66. The quantitative estimate of drug-likeness (QED) is 0.483. The molecule has 0 aromatic heterocycles. The molecular weight excluding hydrogens is 128 g/mol. The van der Waals surface area contributed by atoms with Crippen LogP contribution >= 0.6 is 0 Å². The maximum Gasteiger partial charge on any atom is 0.305 e. The molecule has 0 aliphatic carbocycles. The molecule has 0 radical (unpaired) electrons. The normalized spacial score (nSPS) is 47.5. The summed E-state index contributed by atoms with van der Waals surface area (Å²) in [7, 11) is 0. The van der Waals surface area contributed by atoms with Gasteiger partial charge in [0.25, 0.3) is 0 Å². The molecule has 1 rings (SSSR count). The Morgan fingerprint density at radius 2 is 1.62 bits per heavy atom. The van der Waals surface area contributed by atoms with Crippen molar-refractivity contribution in [3.05, 3.63) is 0 Å². The van der Waals surface area contributed by atoms with Crippen molar-refractivity contribution < 1.29 is 12.6 Å². The van der Waals surface area contributed by atoms with Crippen molar-refractivity contribution in [2.24, 2.45) is 0 Å². The molecule has 0 N–H and O–H groups in total. The van der Waals surface area contributed by atoms with Gasteiger partial charge in [0.1, 0.15) is 12.2 Å². The van der Waals surface area contributed by atoms with E-state index in [1.165, 1.54) is 0 Å². The second kappa shape index (κ2) is 2.13. The van der Waals surface area contributed by atoms with E-state index in [4.69, 9.17) is 8.37 Å². The first-order chi connectivity index (χ1) is 3.70. The lowest BCUT2D eigenvalue weighted by Crippen LogP contribution is -2.13. The maximum atomic E-state index is 10.3. The van der Waals surface area contributed by atoms with Crippen LogP contribution in [0.5, 0.6) is 0 Å². The lowest BCUT2D eigenvalue weighted by atomic mass is 10.3. The van der Waals surface area contributed by atoms with Crippen LogP contribution in [-0.2, 0) is 19.7 Å². The minimum absolute atomic E-state index is 0.0316. The second-order valence-corrected chi connectivity index (χ2v) is 2.60. The molecule has 0 bridgehead atoms. The highest BCUT2D eigenvalue weighted by molar-refractivity contribution is 7.75. The highest BCUT2D eigenvalue weighted by Crippen LogP contribution is 2.15. The van der Waals surface area contributed by atoms with Crippen LogP contribution in [0.4, 0.5) is 0 Å². The average molecular weight is 136 g/mol. The molecule has 1 heterocycles. The predicted octanol–water partition coefficient (Wildman–Crippen LogP) is 0.389. The van der Waals surface area contributed by atoms with Crippen LogP contribution in [-0.4, -0.2) is 16.4 Å². The summed E-state index contributed by atoms with van der Waals surface area (Å²) in [6, 6.07) is 0. The van der Waals surface area contributed by atoms with Crippen LogP contribution in [0.2, 0.25) is 0 Å². The number of hydrogen-bond donors (Lipinski definition) is 0. The zero-order valence-electron chi connectivity index (χ0n) is 4.79. The van der Waals surface area contributed by atoms with Gasteiger partial charge in [-0.15, -0.1) is 0 Å². The van der Waals surface area contributed by atoms with Gasteiger partial charge in [-0.3, -0.25) is 8.37 Å². The molecular formula is C4H8O3S. The summed E-state index contributed by atoms with van der Waals surface area (Å²) in [5.41, 5.74) is 0. The van der Waals surface area contributed by atoms with Gasteiger partial charge in [-0.05, 0) is 13.8 Å². The van der Waals surface area contributed by atoms with E-state index in [0.717, 1.165) is 0 Å². The van der Waals surface area contributed by atoms with E-state index in [2.05, 4.69) is 0 Å². The van der Waals surface area contributed by atoms with Gasteiger partial charge in [0.15, 0.2) is 0 Å². The Hall–Kier alpha value is 0.0700. The van der Waals surface area contributed by atoms with E-state index in [-0.39, 0.29) is 12.2 Å². The Morgan fingerprint density at radius 1 is 1.25 bits per heavy atom. The maximum absolute atomic E-state index is 10.3. The van der Waals surface area contributed by atoms with Gasteiger partial charge in [-0.25, -0.2) is 0 Å². The zero-order chi connectivity index (χ0) is 6.15. The van der Waals surface area contributed by atoms with Gasteiger partial charge in [0.2, 0.25) is 0 Å². The Bertz CT molecular complexity index is 102. The van der Waals surface area contributed by atoms with Crippen molar-refractivity contribution in [1.29, 1.82) is 0 Å². The van der Waals surface area contributed by atoms with Gasteiger partial charge >= 0.3 is 11.4 Å². The molecule has 3 nitrogen and oxygen atoms in total. The van der Waals surface area contributed by atoms with E-state index in [1.54, 1.807) is 0 Å². The van der Waals surface area contributed by atoms with Crippen LogP contribution in [0.1, 0.15) is 13.8 Å². The smallest absolute Gasteiger partial charge is 0.263 e. The Kier molecular flexibility index (Phi) is 1.65. The summed E-state index contributed by atoms with van der Waals surface area (Å²) in [6.07, 6.45) is -0.0633. The molecule has 1 fully saturated rings. The van der Waals surface area contributed by atoms with Crippen LogP contribution < -0.4 is 0 Å². The molecule has 2 unspecified atom stereocenters. The highest BCUT2D eigenvalue weighted by Gasteiger charge is 2.26. The van der Waals surface area contributed by atoms with Crippen LogP contribution in [0.15, 0.2) is 0 Å². The molecule has 1 aliphatic rings. The third-order valence-corrected chi connectivity index (χ3v) is 2.04. The SMILES string of the molecule is CC1OS(=O)OC1C. The minimum atomic E-state index is -1.48. The van der Waals surface area contributed by atoms with Crippen LogP contribution in [0, 0.1) is 0 Å². The van der Waals surface area contributed by atoms with E-state index in [9.17, 15) is 4.21 Å². The van der Waals surface area contributed by atoms with Crippen LogP contribution in [0.3, 0.4) is 0 Å². The Labute approximate surface area is 50.8 Å². The first-order valence-electron chi connectivity index (χ1n) is 2.46. The molecule has 1 aliphatic heterocycles. The highest BCUT2D eigenvalue weighted by atomic mass is 32.2. The fraction of sp³-hybridized carbons (Fsp3) is 1.00. The Balaban J connectivity index is 2.51. The molecule has 8 heavy (non-hydrogen) atoms. The molecule has 0 spiro atoms. The molecule has 0 amide bonds. The molecule has 4 heteroatoms. The van der Waals surface area contributed by atoms with E-state index in [0.29, 0.717) is 0 Å². The molecule has 1 saturated heterocycles. The van der Waals surface area contributed by atoms with Gasteiger partial charge in [0.05, 0.1) is 0 Å². The van der Waals surface area contributed by atoms with Gasteiger partial charge < -0.3 is 0 Å². The predicted molar refractivity (Wildman–Crippen MR) is 29.2 cm³/mol. The third-order valence-electron chi connectivity index (χ3n) is 1.12. The number of hydrogen-bond acceptors (Lipinski definition) is 3. The second-order valence-electron chi connectivity index (χ2n) is 1.81. The fourth-order valence-corrected chi connectivity index (χ4v) is 1.28. The lowest BCUT2D eigenvalue weighted by molar-refractivity contribution is 0.187. The van der Waals surface area contributed by atoms with Crippen molar-refractivity contribution in [2.45, 2.75) is 26.1 Å². The standard InChI is InChI=1S/C4H8O3S/c1-3-4(2)7-8(5)6-3/h3-4H,1-2H3. The molecule has 2 atom stereocenters. The summed E-state index contributed by atoms with van der Waals surface area (Å²) in [5, 5.41) is 0. The van der Waals surface area contributed by atoms with Crippen molar-refractivity contribution in [3.63, 3.8) is 0 Å². The van der Waals surface area contributed by atoms with Gasteiger partial charge in [-0.1, -0.05) is 0 Å². The number of rotatable bonds is 0. The largest absolute Gasteiger partial charge is 0.305 e. The summed E-state index contributed by atoms with van der Waals surface area (Å²) in [4.78, 5) is 0. The third kappa shape index (κ3) is 1.07. The first kappa shape index (κ1) is 6.19. The van der Waals surface area contributed by atoms with E-state index >= 15 is 0 Å². The fourth-order valence-electron chi connectivity index (χ4n) is 0.427. The molecule has 48 valence electrons. The molecule has 0 aromatic carbocycles. The minimum Gasteiger partial charge on any atom is -0.263 e. The van der Waals surface area contributed by atoms with Gasteiger partial charge in [-0.2, -0.15) is 4.21 Å². The Morgan fingerprint density at radius 3 is 1.75 bits per heavy atom. The van der Waals surface area contributed by atoms with Crippen molar-refractivity contribution >= 4 is 11.4 Å². The van der Waals surface area contributed by atoms with Crippen molar-refractivity contribution in [2.75, 3.05) is 0 Å². The van der Waals surface area contributed by atoms with Gasteiger partial charge in [0, 0.05) is 0 Å². The van der Waals surface area contributed by atoms with Crippen molar-refractivity contribution in [1.82, 2.24) is 0 Å². The van der Waals surface area contributed by atoms with E-state index in [1.807, 2.05) is 13.8 Å². The summed E-state index contributed by atoms with van der Waals surface area (Å²) in [5.74, 6) is 0. The lowest BCUT2D eigenvalue weighted by Gasteiger charge is -1.99. The summed E-state index contributed by atoms with van der Waals surface area (Å²) < 4.78 is 19.8. The van der Waals surface area contributed by atoms with Crippen LogP contribution in [0.25, 0.3) is 0 Å².